The molecule has 0 atom stereocenters. The first-order valence-corrected chi connectivity index (χ1v) is 7.73. The number of rotatable bonds is 4. The number of morpholine rings is 1. The number of ether oxygens (including phenoxy) is 1. The van der Waals surface area contributed by atoms with E-state index in [1.54, 1.807) is 0 Å². The Kier molecular flexibility index (Phi) is 4.83. The predicted molar refractivity (Wildman–Crippen MR) is 69.8 cm³/mol. The van der Waals surface area contributed by atoms with Crippen LogP contribution in [0.1, 0.15) is 5.56 Å². The Balaban J connectivity index is 2.26. The Morgan fingerprint density at radius 1 is 1.27 bits per heavy atom. The molecule has 22 heavy (non-hydrogen) atoms. The fraction of sp³-hybridized carbons (Fsp3) is 0.500. The van der Waals surface area contributed by atoms with Crippen LogP contribution in [0.15, 0.2) is 18.2 Å². The van der Waals surface area contributed by atoms with E-state index in [0.717, 1.165) is 6.07 Å². The van der Waals surface area contributed by atoms with Gasteiger partial charge in [0.2, 0.25) is 0 Å². The molecule has 0 saturated carbocycles. The van der Waals surface area contributed by atoms with E-state index in [2.05, 4.69) is 4.18 Å². The zero-order valence-corrected chi connectivity index (χ0v) is 12.2. The Morgan fingerprint density at radius 2 is 1.91 bits per heavy atom. The third-order valence-electron chi connectivity index (χ3n) is 3.08. The minimum absolute atomic E-state index is 0.0165. The largest absolute Gasteiger partial charge is 0.534 e. The van der Waals surface area contributed by atoms with Crippen LogP contribution in [0.5, 0.6) is 11.5 Å². The summed E-state index contributed by atoms with van der Waals surface area (Å²) in [5.74, 6) is -0.870. The van der Waals surface area contributed by atoms with Crippen molar-refractivity contribution in [2.24, 2.45) is 0 Å². The van der Waals surface area contributed by atoms with E-state index in [1.165, 1.54) is 12.1 Å². The lowest BCUT2D eigenvalue weighted by Crippen LogP contribution is -2.36. The van der Waals surface area contributed by atoms with Gasteiger partial charge in [0.25, 0.3) is 0 Å². The minimum Gasteiger partial charge on any atom is -0.507 e. The normalized spacial score (nSPS) is 17.4. The summed E-state index contributed by atoms with van der Waals surface area (Å²) in [6.07, 6.45) is 0. The van der Waals surface area contributed by atoms with Gasteiger partial charge in [0.15, 0.2) is 5.75 Å². The van der Waals surface area contributed by atoms with Crippen molar-refractivity contribution >= 4 is 10.1 Å². The number of benzene rings is 1. The van der Waals surface area contributed by atoms with Crippen LogP contribution in [0.25, 0.3) is 0 Å². The standard InChI is InChI=1S/C12H14F3NO5S/c13-12(14,15)22(18,19)21-11-3-1-2-10(17)9(11)8-16-4-6-20-7-5-16/h1-3,17H,4-8H2. The molecule has 1 aliphatic rings. The maximum Gasteiger partial charge on any atom is 0.534 e. The fourth-order valence-electron chi connectivity index (χ4n) is 1.94. The van der Waals surface area contributed by atoms with Crippen LogP contribution in [-0.4, -0.2) is 50.2 Å². The molecule has 0 bridgehead atoms. The van der Waals surface area contributed by atoms with E-state index in [4.69, 9.17) is 4.74 Å². The Bertz CT molecular complexity index is 626. The number of hydrogen-bond donors (Lipinski definition) is 1. The van der Waals surface area contributed by atoms with E-state index < -0.39 is 21.4 Å². The molecule has 0 spiro atoms. The summed E-state index contributed by atoms with van der Waals surface area (Å²) in [5.41, 5.74) is -5.55. The summed E-state index contributed by atoms with van der Waals surface area (Å²) >= 11 is 0. The van der Waals surface area contributed by atoms with Gasteiger partial charge in [-0.1, -0.05) is 6.07 Å². The van der Waals surface area contributed by atoms with Crippen LogP contribution in [0.3, 0.4) is 0 Å². The number of alkyl halides is 3. The molecule has 1 aromatic carbocycles. The molecule has 2 rings (SSSR count). The molecular formula is C12H14F3NO5S. The Morgan fingerprint density at radius 3 is 2.50 bits per heavy atom. The van der Waals surface area contributed by atoms with Gasteiger partial charge >= 0.3 is 15.6 Å². The molecule has 1 aromatic rings. The first-order chi connectivity index (χ1) is 10.2. The fourth-order valence-corrected chi connectivity index (χ4v) is 2.43. The molecule has 1 saturated heterocycles. The van der Waals surface area contributed by atoms with Crippen LogP contribution in [0.4, 0.5) is 13.2 Å². The second-order valence-electron chi connectivity index (χ2n) is 4.63. The van der Waals surface area contributed by atoms with Crippen molar-refractivity contribution in [2.75, 3.05) is 26.3 Å². The van der Waals surface area contributed by atoms with Gasteiger partial charge in [-0.05, 0) is 12.1 Å². The number of hydrogen-bond acceptors (Lipinski definition) is 6. The number of phenolic OH excluding ortho intramolecular Hbond substituents is 1. The van der Waals surface area contributed by atoms with Gasteiger partial charge in [-0.15, -0.1) is 0 Å². The molecule has 1 fully saturated rings. The topological polar surface area (TPSA) is 76.1 Å². The molecule has 0 amide bonds. The molecule has 0 radical (unpaired) electrons. The summed E-state index contributed by atoms with van der Waals surface area (Å²) in [6.45, 7) is 1.98. The average Bonchev–Trinajstić information content (AvgIpc) is 2.42. The van der Waals surface area contributed by atoms with Crippen LogP contribution in [0.2, 0.25) is 0 Å². The zero-order valence-electron chi connectivity index (χ0n) is 11.3. The van der Waals surface area contributed by atoms with E-state index in [9.17, 15) is 26.7 Å². The first-order valence-electron chi connectivity index (χ1n) is 6.32. The zero-order chi connectivity index (χ0) is 16.4. The van der Waals surface area contributed by atoms with Gasteiger partial charge in [-0.25, -0.2) is 0 Å². The second-order valence-corrected chi connectivity index (χ2v) is 6.16. The Hall–Kier alpha value is -1.52. The molecule has 10 heteroatoms. The summed E-state index contributed by atoms with van der Waals surface area (Å²) in [5, 5.41) is 9.81. The first kappa shape index (κ1) is 16.8. The van der Waals surface area contributed by atoms with E-state index in [0.29, 0.717) is 26.3 Å². The molecule has 124 valence electrons. The average molecular weight is 341 g/mol. The molecule has 1 aliphatic heterocycles. The lowest BCUT2D eigenvalue weighted by atomic mass is 10.1. The van der Waals surface area contributed by atoms with Crippen LogP contribution >= 0.6 is 0 Å². The third kappa shape index (κ3) is 3.81. The molecule has 0 aliphatic carbocycles. The second kappa shape index (κ2) is 6.31. The summed E-state index contributed by atoms with van der Waals surface area (Å²) < 4.78 is 68.7. The van der Waals surface area contributed by atoms with Crippen molar-refractivity contribution in [2.45, 2.75) is 12.1 Å². The third-order valence-corrected chi connectivity index (χ3v) is 4.04. The molecule has 1 N–H and O–H groups in total. The molecule has 6 nitrogen and oxygen atoms in total. The predicted octanol–water partition coefficient (Wildman–Crippen LogP) is 1.45. The number of phenols is 1. The lowest BCUT2D eigenvalue weighted by molar-refractivity contribution is -0.0500. The van der Waals surface area contributed by atoms with E-state index in [1.807, 2.05) is 4.90 Å². The SMILES string of the molecule is O=S(=O)(Oc1cccc(O)c1CN1CCOCC1)C(F)(F)F. The maximum atomic E-state index is 12.4. The van der Waals surface area contributed by atoms with Crippen molar-refractivity contribution in [3.05, 3.63) is 23.8 Å². The minimum atomic E-state index is -5.79. The highest BCUT2D eigenvalue weighted by Crippen LogP contribution is 2.33. The van der Waals surface area contributed by atoms with Crippen molar-refractivity contribution < 1.29 is 35.6 Å². The summed E-state index contributed by atoms with van der Waals surface area (Å²) in [6, 6.07) is 3.53. The van der Waals surface area contributed by atoms with Gasteiger partial charge < -0.3 is 14.0 Å². The van der Waals surface area contributed by atoms with Crippen LogP contribution < -0.4 is 4.18 Å². The van der Waals surface area contributed by atoms with Gasteiger partial charge in [-0.2, -0.15) is 21.6 Å². The quantitative estimate of drug-likeness (QED) is 0.660. The van der Waals surface area contributed by atoms with Gasteiger partial charge in [-0.3, -0.25) is 4.90 Å². The summed E-state index contributed by atoms with van der Waals surface area (Å²) in [7, 11) is -5.79. The number of halogens is 3. The van der Waals surface area contributed by atoms with Crippen LogP contribution in [0, 0.1) is 0 Å². The Labute approximate surface area is 125 Å². The van der Waals surface area contributed by atoms with Crippen molar-refractivity contribution in [1.82, 2.24) is 4.90 Å². The highest BCUT2D eigenvalue weighted by atomic mass is 32.2. The van der Waals surface area contributed by atoms with Crippen LogP contribution in [-0.2, 0) is 21.4 Å². The van der Waals surface area contributed by atoms with Crippen molar-refractivity contribution in [3.8, 4) is 11.5 Å². The van der Waals surface area contributed by atoms with Gasteiger partial charge in [0, 0.05) is 19.6 Å². The lowest BCUT2D eigenvalue weighted by Gasteiger charge is -2.27. The summed E-state index contributed by atoms with van der Waals surface area (Å²) in [4.78, 5) is 1.81. The molecule has 0 unspecified atom stereocenters. The number of aromatic hydroxyl groups is 1. The molecule has 1 heterocycles. The number of nitrogens with zero attached hydrogens (tertiary/aromatic N) is 1. The maximum absolute atomic E-state index is 12.4. The van der Waals surface area contributed by atoms with Gasteiger partial charge in [0.05, 0.1) is 18.8 Å². The molecule has 0 aromatic heterocycles. The van der Waals surface area contributed by atoms with Crippen molar-refractivity contribution in [3.63, 3.8) is 0 Å². The van der Waals surface area contributed by atoms with E-state index in [-0.39, 0.29) is 17.9 Å². The highest BCUT2D eigenvalue weighted by molar-refractivity contribution is 7.88. The monoisotopic (exact) mass is 341 g/mol. The van der Waals surface area contributed by atoms with E-state index >= 15 is 0 Å². The van der Waals surface area contributed by atoms with Gasteiger partial charge in [0.1, 0.15) is 5.75 Å². The molecular weight excluding hydrogens is 327 g/mol. The smallest absolute Gasteiger partial charge is 0.507 e. The van der Waals surface area contributed by atoms with Crippen molar-refractivity contribution in [1.29, 1.82) is 0 Å². The highest BCUT2D eigenvalue weighted by Gasteiger charge is 2.48.